The van der Waals surface area contributed by atoms with Gasteiger partial charge < -0.3 is 14.9 Å². The molecule has 2 N–H and O–H groups in total. The Hall–Kier alpha value is -2.75. The van der Waals surface area contributed by atoms with E-state index < -0.39 is 0 Å². The van der Waals surface area contributed by atoms with Gasteiger partial charge in [-0.15, -0.1) is 0 Å². The van der Waals surface area contributed by atoms with E-state index in [1.165, 1.54) is 5.56 Å². The van der Waals surface area contributed by atoms with Crippen molar-refractivity contribution < 1.29 is 9.94 Å². The quantitative estimate of drug-likeness (QED) is 0.561. The zero-order valence-electron chi connectivity index (χ0n) is 12.7. The maximum absolute atomic E-state index is 9.17. The van der Waals surface area contributed by atoms with Crippen molar-refractivity contribution in [2.24, 2.45) is 5.16 Å². The number of nitrogens with one attached hydrogen (secondary N) is 1. The van der Waals surface area contributed by atoms with Gasteiger partial charge in [0.2, 0.25) is 0 Å². The van der Waals surface area contributed by atoms with E-state index in [0.29, 0.717) is 6.61 Å². The monoisotopic (exact) mass is 306 g/mol. The van der Waals surface area contributed by atoms with Crippen LogP contribution in [0.2, 0.25) is 0 Å². The van der Waals surface area contributed by atoms with Crippen molar-refractivity contribution >= 4 is 16.6 Å². The van der Waals surface area contributed by atoms with Crippen molar-refractivity contribution in [3.63, 3.8) is 0 Å². The van der Waals surface area contributed by atoms with E-state index in [0.717, 1.165) is 52.9 Å². The number of nitrogens with zero attached hydrogens (tertiary/aromatic N) is 1. The van der Waals surface area contributed by atoms with Crippen LogP contribution < -0.4 is 4.74 Å². The Bertz CT molecular complexity index is 866. The van der Waals surface area contributed by atoms with Gasteiger partial charge in [-0.25, -0.2) is 0 Å². The summed E-state index contributed by atoms with van der Waals surface area (Å²) in [7, 11) is 0. The summed E-state index contributed by atoms with van der Waals surface area (Å²) in [6.45, 7) is 0.558. The highest BCUT2D eigenvalue weighted by Crippen LogP contribution is 2.32. The van der Waals surface area contributed by atoms with E-state index in [2.05, 4.69) is 28.3 Å². The van der Waals surface area contributed by atoms with E-state index >= 15 is 0 Å². The standard InChI is InChI=1S/C19H18N2O2/c22-21-18-8-4-7-15-16-11-14(9-10-17(16)20-19(15)18)23-12-13-5-2-1-3-6-13/h1-3,5-6,9-11,20,22H,4,7-8,12H2. The van der Waals surface area contributed by atoms with Crippen LogP contribution in [0.3, 0.4) is 0 Å². The van der Waals surface area contributed by atoms with E-state index in [9.17, 15) is 5.21 Å². The number of rotatable bonds is 3. The number of aromatic nitrogens is 1. The maximum atomic E-state index is 9.17. The van der Waals surface area contributed by atoms with E-state index in [1.54, 1.807) is 0 Å². The fraction of sp³-hybridized carbons (Fsp3) is 0.211. The van der Waals surface area contributed by atoms with Gasteiger partial charge in [0.05, 0.1) is 5.69 Å². The van der Waals surface area contributed by atoms with Gasteiger partial charge in [-0.3, -0.25) is 0 Å². The lowest BCUT2D eigenvalue weighted by Crippen LogP contribution is -2.11. The number of fused-ring (bicyclic) bond motifs is 3. The summed E-state index contributed by atoms with van der Waals surface area (Å²) >= 11 is 0. The van der Waals surface area contributed by atoms with Crippen molar-refractivity contribution in [1.29, 1.82) is 0 Å². The van der Waals surface area contributed by atoms with Crippen molar-refractivity contribution in [3.05, 3.63) is 65.4 Å². The molecule has 4 rings (SSSR count). The van der Waals surface area contributed by atoms with Gasteiger partial charge in [-0.1, -0.05) is 35.5 Å². The van der Waals surface area contributed by atoms with Crippen LogP contribution in [0.4, 0.5) is 0 Å². The number of oxime groups is 1. The molecule has 0 amide bonds. The first-order chi connectivity index (χ1) is 11.3. The Balaban J connectivity index is 1.65. The molecule has 0 fully saturated rings. The van der Waals surface area contributed by atoms with Crippen molar-refractivity contribution in [2.45, 2.75) is 25.9 Å². The minimum absolute atomic E-state index is 0.558. The lowest BCUT2D eigenvalue weighted by Gasteiger charge is -2.12. The molecule has 0 saturated carbocycles. The Labute approximate surface area is 134 Å². The fourth-order valence-corrected chi connectivity index (χ4v) is 3.22. The highest BCUT2D eigenvalue weighted by Gasteiger charge is 2.21. The largest absolute Gasteiger partial charge is 0.489 e. The second kappa shape index (κ2) is 5.80. The number of hydrogen-bond donors (Lipinski definition) is 2. The SMILES string of the molecule is ON=C1CCCc2c1[nH]c1ccc(OCc3ccccc3)cc21. The van der Waals surface area contributed by atoms with Crippen LogP contribution in [0.5, 0.6) is 5.75 Å². The molecule has 0 saturated heterocycles. The zero-order valence-corrected chi connectivity index (χ0v) is 12.7. The fourth-order valence-electron chi connectivity index (χ4n) is 3.22. The van der Waals surface area contributed by atoms with Crippen LogP contribution in [0, 0.1) is 0 Å². The molecule has 4 nitrogen and oxygen atoms in total. The summed E-state index contributed by atoms with van der Waals surface area (Å²) in [6.07, 6.45) is 2.82. The molecule has 4 heteroatoms. The lowest BCUT2D eigenvalue weighted by atomic mass is 9.94. The van der Waals surface area contributed by atoms with Crippen LogP contribution in [0.15, 0.2) is 53.7 Å². The van der Waals surface area contributed by atoms with Crippen LogP contribution in [0.25, 0.3) is 10.9 Å². The summed E-state index contributed by atoms with van der Waals surface area (Å²) in [5.41, 5.74) is 5.15. The van der Waals surface area contributed by atoms with E-state index in [-0.39, 0.29) is 0 Å². The van der Waals surface area contributed by atoms with Crippen LogP contribution in [-0.2, 0) is 13.0 Å². The second-order valence-electron chi connectivity index (χ2n) is 5.86. The highest BCUT2D eigenvalue weighted by molar-refractivity contribution is 6.06. The molecule has 0 bridgehead atoms. The van der Waals surface area contributed by atoms with Gasteiger partial charge >= 0.3 is 0 Å². The number of ether oxygens (including phenoxy) is 1. The van der Waals surface area contributed by atoms with Gasteiger partial charge in [-0.2, -0.15) is 0 Å². The molecular weight excluding hydrogens is 288 g/mol. The second-order valence-corrected chi connectivity index (χ2v) is 5.86. The van der Waals surface area contributed by atoms with Crippen molar-refractivity contribution in [2.75, 3.05) is 0 Å². The van der Waals surface area contributed by atoms with Crippen LogP contribution in [0.1, 0.15) is 29.7 Å². The molecule has 23 heavy (non-hydrogen) atoms. The first-order valence-corrected chi connectivity index (χ1v) is 7.88. The Morgan fingerprint density at radius 3 is 2.78 bits per heavy atom. The molecule has 1 aromatic heterocycles. The van der Waals surface area contributed by atoms with Gasteiger partial charge in [0.1, 0.15) is 18.1 Å². The minimum Gasteiger partial charge on any atom is -0.489 e. The average Bonchev–Trinajstić information content (AvgIpc) is 2.99. The molecule has 0 radical (unpaired) electrons. The molecular formula is C19H18N2O2. The third-order valence-corrected chi connectivity index (χ3v) is 4.38. The Morgan fingerprint density at radius 2 is 1.96 bits per heavy atom. The molecule has 2 aromatic carbocycles. The maximum Gasteiger partial charge on any atom is 0.120 e. The molecule has 0 unspecified atom stereocenters. The average molecular weight is 306 g/mol. The van der Waals surface area contributed by atoms with E-state index in [1.807, 2.05) is 30.3 Å². The molecule has 3 aromatic rings. The Kier molecular flexibility index (Phi) is 3.50. The molecule has 0 atom stereocenters. The smallest absolute Gasteiger partial charge is 0.120 e. The third kappa shape index (κ3) is 2.57. The molecule has 116 valence electrons. The first-order valence-electron chi connectivity index (χ1n) is 7.88. The topological polar surface area (TPSA) is 57.6 Å². The first kappa shape index (κ1) is 13.9. The number of aryl methyl sites for hydroxylation is 1. The summed E-state index contributed by atoms with van der Waals surface area (Å²) < 4.78 is 5.92. The number of benzene rings is 2. The molecule has 0 spiro atoms. The summed E-state index contributed by atoms with van der Waals surface area (Å²) in [5.74, 6) is 0.858. The van der Waals surface area contributed by atoms with Gasteiger partial charge in [0.15, 0.2) is 0 Å². The Morgan fingerprint density at radius 1 is 1.09 bits per heavy atom. The number of hydrogen-bond acceptors (Lipinski definition) is 3. The number of aromatic amines is 1. The van der Waals surface area contributed by atoms with Crippen LogP contribution in [-0.4, -0.2) is 15.9 Å². The van der Waals surface area contributed by atoms with E-state index in [4.69, 9.17) is 4.74 Å². The number of H-pyrrole nitrogens is 1. The summed E-state index contributed by atoms with van der Waals surface area (Å²) in [5, 5.41) is 13.8. The van der Waals surface area contributed by atoms with Crippen molar-refractivity contribution in [3.8, 4) is 5.75 Å². The zero-order chi connectivity index (χ0) is 15.6. The normalized spacial score (nSPS) is 15.7. The molecule has 0 aliphatic heterocycles. The van der Waals surface area contributed by atoms with Crippen molar-refractivity contribution in [1.82, 2.24) is 4.98 Å². The predicted octanol–water partition coefficient (Wildman–Crippen LogP) is 4.26. The summed E-state index contributed by atoms with van der Waals surface area (Å²) in [4.78, 5) is 3.37. The van der Waals surface area contributed by atoms with Gasteiger partial charge in [-0.05, 0) is 48.6 Å². The van der Waals surface area contributed by atoms with Gasteiger partial charge in [0.25, 0.3) is 0 Å². The lowest BCUT2D eigenvalue weighted by molar-refractivity contribution is 0.306. The third-order valence-electron chi connectivity index (χ3n) is 4.38. The molecule has 1 aliphatic carbocycles. The highest BCUT2D eigenvalue weighted by atomic mass is 16.5. The molecule has 1 heterocycles. The predicted molar refractivity (Wildman–Crippen MR) is 90.3 cm³/mol. The minimum atomic E-state index is 0.558. The van der Waals surface area contributed by atoms with Crippen LogP contribution >= 0.6 is 0 Å². The molecule has 1 aliphatic rings. The van der Waals surface area contributed by atoms with Gasteiger partial charge in [0, 0.05) is 10.9 Å². The summed E-state index contributed by atoms with van der Waals surface area (Å²) in [6, 6.07) is 16.2.